The maximum absolute atomic E-state index is 5.73. The number of hydrogen-bond donors (Lipinski definition) is 1. The second-order valence-electron chi connectivity index (χ2n) is 4.39. The minimum atomic E-state index is 0.413. The van der Waals surface area contributed by atoms with Gasteiger partial charge in [0.2, 0.25) is 0 Å². The standard InChI is InChI=1S/C13H19N/c14-11-10-13(8-4-5-9-13)12-6-2-1-3-7-12/h1-3,6-7H,4-5,8-11,14H2. The first-order chi connectivity index (χ1) is 6.87. The summed E-state index contributed by atoms with van der Waals surface area (Å²) < 4.78 is 0. The number of benzene rings is 1. The van der Waals surface area contributed by atoms with Gasteiger partial charge in [0.25, 0.3) is 0 Å². The molecule has 1 fully saturated rings. The van der Waals surface area contributed by atoms with Crippen molar-refractivity contribution in [3.8, 4) is 0 Å². The summed E-state index contributed by atoms with van der Waals surface area (Å²) in [6, 6.07) is 10.9. The van der Waals surface area contributed by atoms with Crippen LogP contribution < -0.4 is 5.73 Å². The molecule has 1 aromatic rings. The summed E-state index contributed by atoms with van der Waals surface area (Å²) in [4.78, 5) is 0. The van der Waals surface area contributed by atoms with E-state index in [9.17, 15) is 0 Å². The Morgan fingerprint density at radius 2 is 1.71 bits per heavy atom. The summed E-state index contributed by atoms with van der Waals surface area (Å²) in [5.41, 5.74) is 7.65. The minimum absolute atomic E-state index is 0.413. The molecule has 0 unspecified atom stereocenters. The van der Waals surface area contributed by atoms with Crippen molar-refractivity contribution >= 4 is 0 Å². The lowest BCUT2D eigenvalue weighted by molar-refractivity contribution is 0.412. The minimum Gasteiger partial charge on any atom is -0.330 e. The van der Waals surface area contributed by atoms with Crippen LogP contribution in [0.15, 0.2) is 30.3 Å². The molecule has 0 bridgehead atoms. The largest absolute Gasteiger partial charge is 0.330 e. The van der Waals surface area contributed by atoms with E-state index in [1.807, 2.05) is 0 Å². The van der Waals surface area contributed by atoms with Crippen LogP contribution in [0.3, 0.4) is 0 Å². The lowest BCUT2D eigenvalue weighted by atomic mass is 9.76. The molecular weight excluding hydrogens is 170 g/mol. The normalized spacial score (nSPS) is 19.8. The predicted molar refractivity (Wildman–Crippen MR) is 60.3 cm³/mol. The van der Waals surface area contributed by atoms with Crippen molar-refractivity contribution in [2.45, 2.75) is 37.5 Å². The van der Waals surface area contributed by atoms with Gasteiger partial charge in [0.15, 0.2) is 0 Å². The van der Waals surface area contributed by atoms with Crippen molar-refractivity contribution in [1.29, 1.82) is 0 Å². The Labute approximate surface area is 86.3 Å². The third-order valence-electron chi connectivity index (χ3n) is 3.57. The molecule has 0 amide bonds. The van der Waals surface area contributed by atoms with Crippen LogP contribution in [-0.4, -0.2) is 6.54 Å². The van der Waals surface area contributed by atoms with Crippen LogP contribution in [0.5, 0.6) is 0 Å². The van der Waals surface area contributed by atoms with Crippen LogP contribution in [0.1, 0.15) is 37.7 Å². The molecule has 14 heavy (non-hydrogen) atoms. The molecule has 0 saturated heterocycles. The molecule has 2 rings (SSSR count). The van der Waals surface area contributed by atoms with E-state index in [4.69, 9.17) is 5.73 Å². The van der Waals surface area contributed by atoms with Gasteiger partial charge >= 0.3 is 0 Å². The van der Waals surface area contributed by atoms with E-state index >= 15 is 0 Å². The average molecular weight is 189 g/mol. The lowest BCUT2D eigenvalue weighted by Crippen LogP contribution is -2.25. The van der Waals surface area contributed by atoms with Crippen LogP contribution in [0.25, 0.3) is 0 Å². The van der Waals surface area contributed by atoms with Gasteiger partial charge in [0.05, 0.1) is 0 Å². The highest BCUT2D eigenvalue weighted by atomic mass is 14.5. The van der Waals surface area contributed by atoms with Gasteiger partial charge in [-0.15, -0.1) is 0 Å². The van der Waals surface area contributed by atoms with Gasteiger partial charge in [-0.05, 0) is 36.8 Å². The third-order valence-corrected chi connectivity index (χ3v) is 3.57. The van der Waals surface area contributed by atoms with E-state index in [0.717, 1.165) is 13.0 Å². The van der Waals surface area contributed by atoms with E-state index < -0.39 is 0 Å². The maximum Gasteiger partial charge on any atom is -0.00350 e. The highest BCUT2D eigenvalue weighted by Crippen LogP contribution is 2.43. The number of rotatable bonds is 3. The Kier molecular flexibility index (Phi) is 2.87. The zero-order chi connectivity index (χ0) is 9.86. The van der Waals surface area contributed by atoms with Crippen molar-refractivity contribution in [2.24, 2.45) is 5.73 Å². The number of nitrogens with two attached hydrogens (primary N) is 1. The quantitative estimate of drug-likeness (QED) is 0.777. The van der Waals surface area contributed by atoms with E-state index in [1.54, 1.807) is 0 Å². The van der Waals surface area contributed by atoms with E-state index in [1.165, 1.54) is 31.2 Å². The molecule has 1 heteroatoms. The molecule has 0 heterocycles. The first kappa shape index (κ1) is 9.72. The summed E-state index contributed by atoms with van der Waals surface area (Å²) in [5.74, 6) is 0. The molecule has 0 spiro atoms. The van der Waals surface area contributed by atoms with Crippen molar-refractivity contribution in [3.05, 3.63) is 35.9 Å². The highest BCUT2D eigenvalue weighted by Gasteiger charge is 2.34. The van der Waals surface area contributed by atoms with Crippen LogP contribution in [0, 0.1) is 0 Å². The molecular formula is C13H19N. The van der Waals surface area contributed by atoms with Gasteiger partial charge in [0.1, 0.15) is 0 Å². The average Bonchev–Trinajstić information content (AvgIpc) is 2.70. The van der Waals surface area contributed by atoms with Gasteiger partial charge in [-0.1, -0.05) is 43.2 Å². The Morgan fingerprint density at radius 3 is 2.29 bits per heavy atom. The molecule has 2 N–H and O–H groups in total. The lowest BCUT2D eigenvalue weighted by Gasteiger charge is -2.29. The molecule has 1 aliphatic carbocycles. The zero-order valence-corrected chi connectivity index (χ0v) is 8.71. The zero-order valence-electron chi connectivity index (χ0n) is 8.71. The number of hydrogen-bond acceptors (Lipinski definition) is 1. The van der Waals surface area contributed by atoms with Crippen LogP contribution >= 0.6 is 0 Å². The Morgan fingerprint density at radius 1 is 1.07 bits per heavy atom. The van der Waals surface area contributed by atoms with E-state index in [0.29, 0.717) is 5.41 Å². The summed E-state index contributed by atoms with van der Waals surface area (Å²) in [7, 11) is 0. The predicted octanol–water partition coefficient (Wildman–Crippen LogP) is 2.85. The third kappa shape index (κ3) is 1.69. The molecule has 1 saturated carbocycles. The van der Waals surface area contributed by atoms with Crippen LogP contribution in [-0.2, 0) is 5.41 Å². The molecule has 1 aliphatic rings. The molecule has 0 radical (unpaired) electrons. The summed E-state index contributed by atoms with van der Waals surface area (Å²) >= 11 is 0. The molecule has 1 aromatic carbocycles. The van der Waals surface area contributed by atoms with Crippen molar-refractivity contribution in [3.63, 3.8) is 0 Å². The van der Waals surface area contributed by atoms with Gasteiger partial charge in [-0.2, -0.15) is 0 Å². The first-order valence-electron chi connectivity index (χ1n) is 5.63. The monoisotopic (exact) mass is 189 g/mol. The Bertz CT molecular complexity index is 273. The summed E-state index contributed by atoms with van der Waals surface area (Å²) in [6.45, 7) is 0.814. The molecule has 0 aromatic heterocycles. The molecule has 0 aliphatic heterocycles. The second kappa shape index (κ2) is 4.14. The van der Waals surface area contributed by atoms with Crippen molar-refractivity contribution in [2.75, 3.05) is 6.54 Å². The topological polar surface area (TPSA) is 26.0 Å². The summed E-state index contributed by atoms with van der Waals surface area (Å²) in [6.07, 6.45) is 6.54. The fourth-order valence-electron chi connectivity index (χ4n) is 2.80. The smallest absolute Gasteiger partial charge is 0.00350 e. The van der Waals surface area contributed by atoms with Crippen LogP contribution in [0.4, 0.5) is 0 Å². The van der Waals surface area contributed by atoms with Crippen LogP contribution in [0.2, 0.25) is 0 Å². The van der Waals surface area contributed by atoms with Gasteiger partial charge < -0.3 is 5.73 Å². The Hall–Kier alpha value is -0.820. The highest BCUT2D eigenvalue weighted by molar-refractivity contribution is 5.26. The van der Waals surface area contributed by atoms with E-state index in [2.05, 4.69) is 30.3 Å². The molecule has 1 nitrogen and oxygen atoms in total. The Balaban J connectivity index is 2.27. The van der Waals surface area contributed by atoms with Gasteiger partial charge in [-0.25, -0.2) is 0 Å². The summed E-state index contributed by atoms with van der Waals surface area (Å²) in [5, 5.41) is 0. The van der Waals surface area contributed by atoms with Gasteiger partial charge in [-0.3, -0.25) is 0 Å². The van der Waals surface area contributed by atoms with Crippen molar-refractivity contribution < 1.29 is 0 Å². The van der Waals surface area contributed by atoms with Gasteiger partial charge in [0, 0.05) is 0 Å². The molecule has 0 atom stereocenters. The molecule has 76 valence electrons. The second-order valence-corrected chi connectivity index (χ2v) is 4.39. The maximum atomic E-state index is 5.73. The SMILES string of the molecule is NCCC1(c2ccccc2)CCCC1. The first-order valence-corrected chi connectivity index (χ1v) is 5.63. The van der Waals surface area contributed by atoms with Crippen molar-refractivity contribution in [1.82, 2.24) is 0 Å². The van der Waals surface area contributed by atoms with E-state index in [-0.39, 0.29) is 0 Å². The fourth-order valence-corrected chi connectivity index (χ4v) is 2.80. The fraction of sp³-hybridized carbons (Fsp3) is 0.538.